The van der Waals surface area contributed by atoms with Crippen LogP contribution in [0.25, 0.3) is 6.08 Å². The molecule has 0 amide bonds. The number of esters is 1. The summed E-state index contributed by atoms with van der Waals surface area (Å²) in [7, 11) is 0. The Morgan fingerprint density at radius 2 is 2.09 bits per heavy atom. The number of thiophene rings is 1. The first kappa shape index (κ1) is 22.0. The maximum atomic E-state index is 13.5. The second kappa shape index (κ2) is 9.50. The summed E-state index contributed by atoms with van der Waals surface area (Å²) >= 11 is 2.78. The van der Waals surface area contributed by atoms with Gasteiger partial charge in [0.05, 0.1) is 22.4 Å². The number of hydrogen-bond donors (Lipinski definition) is 0. The van der Waals surface area contributed by atoms with Crippen molar-refractivity contribution >= 4 is 34.7 Å². The van der Waals surface area contributed by atoms with Gasteiger partial charge in [0.25, 0.3) is 5.56 Å². The predicted molar refractivity (Wildman–Crippen MR) is 127 cm³/mol. The van der Waals surface area contributed by atoms with E-state index in [-0.39, 0.29) is 12.2 Å². The Bertz CT molecular complexity index is 1360. The van der Waals surface area contributed by atoms with Crippen molar-refractivity contribution in [3.63, 3.8) is 0 Å². The minimum atomic E-state index is -0.570. The monoisotopic (exact) mass is 466 g/mol. The van der Waals surface area contributed by atoms with Crippen molar-refractivity contribution in [1.29, 1.82) is 0 Å². The average Bonchev–Trinajstić information content (AvgIpc) is 3.41. The molecule has 164 valence electrons. The minimum absolute atomic E-state index is 0.208. The van der Waals surface area contributed by atoms with E-state index in [2.05, 4.69) is 11.6 Å². The lowest BCUT2D eigenvalue weighted by Gasteiger charge is -2.23. The number of carbonyl (C=O) groups is 1. The number of fused-ring (bicyclic) bond motifs is 1. The number of hydrogen-bond acceptors (Lipinski definition) is 7. The van der Waals surface area contributed by atoms with E-state index in [1.165, 1.54) is 22.7 Å². The third-order valence-electron chi connectivity index (χ3n) is 4.89. The van der Waals surface area contributed by atoms with Crippen molar-refractivity contribution < 1.29 is 14.3 Å². The van der Waals surface area contributed by atoms with Gasteiger partial charge < -0.3 is 9.47 Å². The summed E-state index contributed by atoms with van der Waals surface area (Å²) in [5, 5.41) is 1.93. The molecule has 4 rings (SSSR count). The summed E-state index contributed by atoms with van der Waals surface area (Å²) in [5.74, 6) is 0.209. The highest BCUT2D eigenvalue weighted by Gasteiger charge is 2.33. The molecular formula is C24H22N2O4S2. The molecule has 1 atom stereocenters. The maximum absolute atomic E-state index is 13.5. The number of para-hydroxylation sites is 1. The van der Waals surface area contributed by atoms with E-state index in [9.17, 15) is 9.59 Å². The predicted octanol–water partition coefficient (Wildman–Crippen LogP) is 3.42. The van der Waals surface area contributed by atoms with Gasteiger partial charge >= 0.3 is 5.97 Å². The first-order valence-corrected chi connectivity index (χ1v) is 11.8. The third kappa shape index (κ3) is 4.11. The van der Waals surface area contributed by atoms with Gasteiger partial charge in [0.15, 0.2) is 4.80 Å². The molecule has 3 heterocycles. The fourth-order valence-corrected chi connectivity index (χ4v) is 5.39. The molecule has 1 aromatic carbocycles. The zero-order chi connectivity index (χ0) is 22.7. The highest BCUT2D eigenvalue weighted by molar-refractivity contribution is 7.10. The molecule has 0 saturated heterocycles. The number of allylic oxidation sites excluding steroid dienone is 1. The van der Waals surface area contributed by atoms with E-state index in [0.29, 0.717) is 33.0 Å². The molecule has 0 fully saturated rings. The van der Waals surface area contributed by atoms with Crippen LogP contribution in [0.5, 0.6) is 5.75 Å². The van der Waals surface area contributed by atoms with E-state index in [1.807, 2.05) is 41.8 Å². The van der Waals surface area contributed by atoms with Crippen LogP contribution in [-0.2, 0) is 9.53 Å². The van der Waals surface area contributed by atoms with Crippen molar-refractivity contribution in [3.8, 4) is 5.75 Å². The molecule has 8 heteroatoms. The van der Waals surface area contributed by atoms with Crippen LogP contribution in [0.3, 0.4) is 0 Å². The second-order valence-electron chi connectivity index (χ2n) is 6.96. The van der Waals surface area contributed by atoms with Gasteiger partial charge in [-0.2, -0.15) is 0 Å². The molecule has 0 spiro atoms. The summed E-state index contributed by atoms with van der Waals surface area (Å²) in [5.41, 5.74) is 1.53. The van der Waals surface area contributed by atoms with Gasteiger partial charge in [0.2, 0.25) is 0 Å². The largest absolute Gasteiger partial charge is 0.489 e. The van der Waals surface area contributed by atoms with E-state index in [0.717, 1.165) is 10.4 Å². The van der Waals surface area contributed by atoms with Crippen LogP contribution in [0.2, 0.25) is 0 Å². The van der Waals surface area contributed by atoms with Gasteiger partial charge in [-0.05, 0) is 37.4 Å². The molecule has 2 aromatic heterocycles. The zero-order valence-electron chi connectivity index (χ0n) is 17.7. The van der Waals surface area contributed by atoms with Crippen molar-refractivity contribution in [2.45, 2.75) is 19.9 Å². The number of thiazole rings is 1. The number of rotatable bonds is 7. The standard InChI is InChI=1S/C24H22N2O4S2/c1-4-12-30-17-10-7-6-9-16(17)14-19-22(27)26-21(18-11-8-13-31-18)20(23(28)29-5-2)15(3)25-24(26)32-19/h4,6-11,13-14,21H,1,5,12H2,2-3H3/b19-14+/t21-/m0/s1. The van der Waals surface area contributed by atoms with Gasteiger partial charge in [-0.15, -0.1) is 11.3 Å². The summed E-state index contributed by atoms with van der Waals surface area (Å²) in [6.07, 6.45) is 3.47. The van der Waals surface area contributed by atoms with Gasteiger partial charge in [-0.25, -0.2) is 9.79 Å². The molecule has 0 aliphatic carbocycles. The van der Waals surface area contributed by atoms with Gasteiger partial charge in [0, 0.05) is 10.4 Å². The van der Waals surface area contributed by atoms with Gasteiger partial charge in [-0.3, -0.25) is 9.36 Å². The molecule has 0 unspecified atom stereocenters. The number of benzene rings is 1. The van der Waals surface area contributed by atoms with Crippen LogP contribution in [0.4, 0.5) is 0 Å². The first-order valence-electron chi connectivity index (χ1n) is 10.1. The quantitative estimate of drug-likeness (QED) is 0.395. The molecule has 0 bridgehead atoms. The van der Waals surface area contributed by atoms with Crippen molar-refractivity contribution in [3.05, 3.63) is 95.8 Å². The Morgan fingerprint density at radius 1 is 1.28 bits per heavy atom. The van der Waals surface area contributed by atoms with E-state index >= 15 is 0 Å². The van der Waals surface area contributed by atoms with Gasteiger partial charge in [-0.1, -0.05) is 48.3 Å². The molecule has 6 nitrogen and oxygen atoms in total. The lowest BCUT2D eigenvalue weighted by Crippen LogP contribution is -2.39. The molecule has 0 N–H and O–H groups in total. The lowest BCUT2D eigenvalue weighted by molar-refractivity contribution is -0.139. The average molecular weight is 467 g/mol. The molecule has 3 aromatic rings. The molecule has 0 radical (unpaired) electrons. The van der Waals surface area contributed by atoms with Crippen molar-refractivity contribution in [2.75, 3.05) is 13.2 Å². The van der Waals surface area contributed by atoms with Crippen LogP contribution in [0.15, 0.2) is 75.5 Å². The zero-order valence-corrected chi connectivity index (χ0v) is 19.4. The molecule has 1 aliphatic heterocycles. The number of nitrogens with zero attached hydrogens (tertiary/aromatic N) is 2. The Kier molecular flexibility index (Phi) is 6.53. The summed E-state index contributed by atoms with van der Waals surface area (Å²) < 4.78 is 13.1. The van der Waals surface area contributed by atoms with Crippen molar-refractivity contribution in [2.24, 2.45) is 4.99 Å². The number of carbonyl (C=O) groups excluding carboxylic acids is 1. The lowest BCUT2D eigenvalue weighted by atomic mass is 10.0. The molecule has 0 saturated carbocycles. The Labute approximate surface area is 193 Å². The van der Waals surface area contributed by atoms with E-state index in [4.69, 9.17) is 9.47 Å². The Hall–Kier alpha value is -3.23. The first-order chi connectivity index (χ1) is 15.5. The Morgan fingerprint density at radius 3 is 2.81 bits per heavy atom. The van der Waals surface area contributed by atoms with Gasteiger partial charge in [0.1, 0.15) is 18.4 Å². The highest BCUT2D eigenvalue weighted by atomic mass is 32.1. The second-order valence-corrected chi connectivity index (χ2v) is 8.94. The maximum Gasteiger partial charge on any atom is 0.338 e. The van der Waals surface area contributed by atoms with Crippen LogP contribution < -0.4 is 19.6 Å². The third-order valence-corrected chi connectivity index (χ3v) is 6.80. The normalized spacial score (nSPS) is 15.8. The van der Waals surface area contributed by atoms with Crippen LogP contribution >= 0.6 is 22.7 Å². The fraction of sp³-hybridized carbons (Fsp3) is 0.208. The number of aromatic nitrogens is 1. The fourth-order valence-electron chi connectivity index (χ4n) is 3.53. The van der Waals surface area contributed by atoms with E-state index < -0.39 is 12.0 Å². The SMILES string of the molecule is C=CCOc1ccccc1/C=c1/sc2n(c1=O)[C@@H](c1cccs1)C(C(=O)OCC)=C(C)N=2. The minimum Gasteiger partial charge on any atom is -0.489 e. The molecule has 32 heavy (non-hydrogen) atoms. The topological polar surface area (TPSA) is 69.9 Å². The summed E-state index contributed by atoms with van der Waals surface area (Å²) in [4.78, 5) is 32.4. The van der Waals surface area contributed by atoms with Crippen LogP contribution in [-0.4, -0.2) is 23.8 Å². The number of ether oxygens (including phenoxy) is 2. The molecular weight excluding hydrogens is 444 g/mol. The van der Waals surface area contributed by atoms with E-state index in [1.54, 1.807) is 30.6 Å². The summed E-state index contributed by atoms with van der Waals surface area (Å²) in [6.45, 7) is 7.84. The summed E-state index contributed by atoms with van der Waals surface area (Å²) in [6, 6.07) is 10.8. The van der Waals surface area contributed by atoms with Crippen LogP contribution in [0.1, 0.15) is 30.3 Å². The van der Waals surface area contributed by atoms with Crippen LogP contribution in [0, 0.1) is 0 Å². The smallest absolute Gasteiger partial charge is 0.338 e. The highest BCUT2D eigenvalue weighted by Crippen LogP contribution is 2.33. The molecule has 1 aliphatic rings. The van der Waals surface area contributed by atoms with Crippen molar-refractivity contribution in [1.82, 2.24) is 4.57 Å². The Balaban J connectivity index is 1.90.